The number of rotatable bonds is 5. The van der Waals surface area contributed by atoms with Gasteiger partial charge in [-0.05, 0) is 32.6 Å². The van der Waals surface area contributed by atoms with E-state index in [1.54, 1.807) is 11.3 Å². The van der Waals surface area contributed by atoms with E-state index in [1.165, 1.54) is 15.0 Å². The zero-order chi connectivity index (χ0) is 12.3. The van der Waals surface area contributed by atoms with Gasteiger partial charge in [-0.1, -0.05) is 29.8 Å². The second kappa shape index (κ2) is 5.83. The average molecular weight is 269 g/mol. The zero-order valence-electron chi connectivity index (χ0n) is 9.95. The Kier molecular flexibility index (Phi) is 4.40. The molecule has 2 aromatic rings. The molecule has 1 aromatic carbocycles. The van der Waals surface area contributed by atoms with Crippen molar-refractivity contribution in [1.29, 1.82) is 0 Å². The Morgan fingerprint density at radius 1 is 1.35 bits per heavy atom. The minimum atomic E-state index is 0.741. The number of halogens is 1. The van der Waals surface area contributed by atoms with E-state index in [4.69, 9.17) is 17.3 Å². The third kappa shape index (κ3) is 2.99. The molecule has 0 amide bonds. The summed E-state index contributed by atoms with van der Waals surface area (Å²) in [6, 6.07) is 8.28. The van der Waals surface area contributed by atoms with Crippen LogP contribution in [0, 0.1) is 0 Å². The summed E-state index contributed by atoms with van der Waals surface area (Å²) >= 11 is 8.18. The molecule has 2 nitrogen and oxygen atoms in total. The summed E-state index contributed by atoms with van der Waals surface area (Å²) in [5, 5.41) is 2.08. The van der Waals surface area contributed by atoms with Crippen molar-refractivity contribution >= 4 is 33.0 Å². The molecule has 1 aromatic heterocycles. The van der Waals surface area contributed by atoms with Crippen LogP contribution in [0.3, 0.4) is 0 Å². The van der Waals surface area contributed by atoms with E-state index < -0.39 is 0 Å². The quantitative estimate of drug-likeness (QED) is 0.901. The summed E-state index contributed by atoms with van der Waals surface area (Å²) in [5.74, 6) is 0. The summed E-state index contributed by atoms with van der Waals surface area (Å²) in [6.45, 7) is 2.66. The highest BCUT2D eigenvalue weighted by atomic mass is 35.5. The van der Waals surface area contributed by atoms with Gasteiger partial charge >= 0.3 is 0 Å². The lowest BCUT2D eigenvalue weighted by Gasteiger charge is -2.14. The Bertz CT molecular complexity index is 495. The predicted molar refractivity (Wildman–Crippen MR) is 76.8 cm³/mol. The lowest BCUT2D eigenvalue weighted by molar-refractivity contribution is 0.327. The molecule has 0 radical (unpaired) electrons. The molecule has 0 saturated carbocycles. The van der Waals surface area contributed by atoms with E-state index in [2.05, 4.69) is 30.1 Å². The Morgan fingerprint density at radius 3 is 2.82 bits per heavy atom. The van der Waals surface area contributed by atoms with Crippen LogP contribution in [0.5, 0.6) is 0 Å². The molecule has 92 valence electrons. The summed E-state index contributed by atoms with van der Waals surface area (Å²) in [7, 11) is 2.11. The van der Waals surface area contributed by atoms with Gasteiger partial charge in [-0.2, -0.15) is 0 Å². The highest BCUT2D eigenvalue weighted by Gasteiger charge is 2.11. The van der Waals surface area contributed by atoms with E-state index in [0.717, 1.165) is 31.1 Å². The van der Waals surface area contributed by atoms with Gasteiger partial charge in [0.1, 0.15) is 0 Å². The van der Waals surface area contributed by atoms with Gasteiger partial charge in [0.15, 0.2) is 0 Å². The van der Waals surface area contributed by atoms with E-state index in [-0.39, 0.29) is 0 Å². The number of benzene rings is 1. The molecule has 0 spiro atoms. The number of hydrogen-bond acceptors (Lipinski definition) is 3. The van der Waals surface area contributed by atoms with Gasteiger partial charge in [0.05, 0.1) is 5.02 Å². The fraction of sp³-hybridized carbons (Fsp3) is 0.385. The van der Waals surface area contributed by atoms with Gasteiger partial charge in [-0.25, -0.2) is 0 Å². The highest BCUT2D eigenvalue weighted by Crippen LogP contribution is 2.35. The van der Waals surface area contributed by atoms with Crippen LogP contribution in [0.1, 0.15) is 11.3 Å². The van der Waals surface area contributed by atoms with Crippen molar-refractivity contribution in [1.82, 2.24) is 4.90 Å². The van der Waals surface area contributed by atoms with Gasteiger partial charge in [0.2, 0.25) is 0 Å². The van der Waals surface area contributed by atoms with Crippen molar-refractivity contribution in [2.75, 3.05) is 20.1 Å². The first-order chi connectivity index (χ1) is 8.22. The van der Waals surface area contributed by atoms with Crippen molar-refractivity contribution in [3.8, 4) is 0 Å². The first-order valence-corrected chi connectivity index (χ1v) is 6.96. The average Bonchev–Trinajstić information content (AvgIpc) is 2.64. The van der Waals surface area contributed by atoms with Crippen LogP contribution in [0.4, 0.5) is 0 Å². The van der Waals surface area contributed by atoms with E-state index in [1.807, 2.05) is 6.07 Å². The minimum absolute atomic E-state index is 0.741. The van der Waals surface area contributed by atoms with Gasteiger partial charge in [0.25, 0.3) is 0 Å². The SMILES string of the molecule is CN(CCCN)Cc1sc2ccccc2c1Cl. The molecule has 4 heteroatoms. The van der Waals surface area contributed by atoms with Gasteiger partial charge in [-0.3, -0.25) is 0 Å². The molecule has 0 saturated heterocycles. The normalized spacial score (nSPS) is 11.5. The lowest BCUT2D eigenvalue weighted by atomic mass is 10.2. The van der Waals surface area contributed by atoms with Crippen molar-refractivity contribution in [3.05, 3.63) is 34.2 Å². The third-order valence-corrected chi connectivity index (χ3v) is 4.46. The Labute approximate surface area is 111 Å². The monoisotopic (exact) mass is 268 g/mol. The smallest absolute Gasteiger partial charge is 0.0637 e. The molecular weight excluding hydrogens is 252 g/mol. The molecule has 0 aliphatic carbocycles. The Morgan fingerprint density at radius 2 is 2.12 bits per heavy atom. The number of fused-ring (bicyclic) bond motifs is 1. The Balaban J connectivity index is 2.16. The van der Waals surface area contributed by atoms with Crippen LogP contribution in [0.25, 0.3) is 10.1 Å². The maximum Gasteiger partial charge on any atom is 0.0637 e. The highest BCUT2D eigenvalue weighted by molar-refractivity contribution is 7.19. The van der Waals surface area contributed by atoms with Crippen LogP contribution in [-0.2, 0) is 6.54 Å². The van der Waals surface area contributed by atoms with Crippen molar-refractivity contribution < 1.29 is 0 Å². The lowest BCUT2D eigenvalue weighted by Crippen LogP contribution is -2.20. The first kappa shape index (κ1) is 12.8. The molecule has 0 aliphatic rings. The topological polar surface area (TPSA) is 29.3 Å². The number of nitrogens with zero attached hydrogens (tertiary/aromatic N) is 1. The van der Waals surface area contributed by atoms with Crippen LogP contribution in [0.15, 0.2) is 24.3 Å². The number of hydrogen-bond donors (Lipinski definition) is 1. The number of nitrogens with two attached hydrogens (primary N) is 1. The van der Waals surface area contributed by atoms with Crippen LogP contribution in [-0.4, -0.2) is 25.0 Å². The molecule has 1 heterocycles. The second-order valence-electron chi connectivity index (χ2n) is 4.22. The van der Waals surface area contributed by atoms with E-state index >= 15 is 0 Å². The van der Waals surface area contributed by atoms with Gasteiger partial charge in [-0.15, -0.1) is 11.3 Å². The van der Waals surface area contributed by atoms with Crippen molar-refractivity contribution in [3.63, 3.8) is 0 Å². The fourth-order valence-electron chi connectivity index (χ4n) is 1.85. The summed E-state index contributed by atoms with van der Waals surface area (Å²) < 4.78 is 1.26. The van der Waals surface area contributed by atoms with Crippen LogP contribution in [0.2, 0.25) is 5.02 Å². The molecule has 2 rings (SSSR count). The maximum absolute atomic E-state index is 6.39. The van der Waals surface area contributed by atoms with Crippen LogP contribution >= 0.6 is 22.9 Å². The maximum atomic E-state index is 6.39. The summed E-state index contributed by atoms with van der Waals surface area (Å²) in [6.07, 6.45) is 1.03. The molecule has 0 atom stereocenters. The summed E-state index contributed by atoms with van der Waals surface area (Å²) in [4.78, 5) is 3.51. The molecule has 0 bridgehead atoms. The molecule has 2 N–H and O–H groups in total. The third-order valence-electron chi connectivity index (χ3n) is 2.76. The van der Waals surface area contributed by atoms with Gasteiger partial charge in [0, 0.05) is 21.5 Å². The van der Waals surface area contributed by atoms with Gasteiger partial charge < -0.3 is 10.6 Å². The minimum Gasteiger partial charge on any atom is -0.330 e. The zero-order valence-corrected chi connectivity index (χ0v) is 11.5. The fourth-order valence-corrected chi connectivity index (χ4v) is 3.42. The number of thiophene rings is 1. The standard InChI is InChI=1S/C13H17ClN2S/c1-16(8-4-7-15)9-12-13(14)10-5-2-3-6-11(10)17-12/h2-3,5-6H,4,7-9,15H2,1H3. The second-order valence-corrected chi connectivity index (χ2v) is 5.73. The Hall–Kier alpha value is -0.610. The molecule has 0 unspecified atom stereocenters. The molecule has 0 aliphatic heterocycles. The van der Waals surface area contributed by atoms with Crippen molar-refractivity contribution in [2.45, 2.75) is 13.0 Å². The van der Waals surface area contributed by atoms with Crippen molar-refractivity contribution in [2.24, 2.45) is 5.73 Å². The molecular formula is C13H17ClN2S. The largest absolute Gasteiger partial charge is 0.330 e. The first-order valence-electron chi connectivity index (χ1n) is 5.77. The van der Waals surface area contributed by atoms with Crippen LogP contribution < -0.4 is 5.73 Å². The molecule has 0 fully saturated rings. The molecule has 17 heavy (non-hydrogen) atoms. The predicted octanol–water partition coefficient (Wildman–Crippen LogP) is 3.34. The summed E-state index contributed by atoms with van der Waals surface area (Å²) in [5.41, 5.74) is 5.51. The van der Waals surface area contributed by atoms with E-state index in [0.29, 0.717) is 0 Å². The van der Waals surface area contributed by atoms with E-state index in [9.17, 15) is 0 Å².